The Balaban J connectivity index is 0.900. The maximum Gasteiger partial charge on any atom is 0.501 e. The number of hydrogen-bond acceptors (Lipinski definition) is 4. The third-order valence-electron chi connectivity index (χ3n) is 26.3. The number of ether oxygens (including phenoxy) is 1. The average molecular weight is 927 g/mol. The van der Waals surface area contributed by atoms with Gasteiger partial charge in [-0.2, -0.15) is 26.3 Å². The number of sulfone groups is 1. The van der Waals surface area contributed by atoms with Crippen LogP contribution in [0.2, 0.25) is 0 Å². The van der Waals surface area contributed by atoms with Crippen molar-refractivity contribution >= 4 is 15.8 Å². The lowest BCUT2D eigenvalue weighted by Crippen LogP contribution is -2.58. The van der Waals surface area contributed by atoms with Gasteiger partial charge in [0.05, 0.1) is 18.4 Å². The molecule has 13 saturated carbocycles. The van der Waals surface area contributed by atoms with Gasteiger partial charge in [0.2, 0.25) is 0 Å². The maximum atomic E-state index is 14.6. The van der Waals surface area contributed by atoms with Gasteiger partial charge >= 0.3 is 17.7 Å². The molecule has 11 heteroatoms. The summed E-state index contributed by atoms with van der Waals surface area (Å²) in [5.74, 6) is 17.5. The molecular formula is C55H56F6O4S. The van der Waals surface area contributed by atoms with Crippen molar-refractivity contribution in [1.82, 2.24) is 0 Å². The Kier molecular flexibility index (Phi) is 6.45. The monoisotopic (exact) mass is 926 g/mol. The first-order chi connectivity index (χ1) is 31.7. The first-order valence-electron chi connectivity index (χ1n) is 26.4. The summed E-state index contributed by atoms with van der Waals surface area (Å²) >= 11 is 0. The van der Waals surface area contributed by atoms with Crippen LogP contribution in [0.5, 0.6) is 0 Å². The molecule has 0 heterocycles. The summed E-state index contributed by atoms with van der Waals surface area (Å²) in [4.78, 5) is 11.8. The van der Waals surface area contributed by atoms with E-state index in [9.17, 15) is 39.6 Å². The summed E-state index contributed by atoms with van der Waals surface area (Å²) in [5, 5.41) is 0. The summed E-state index contributed by atoms with van der Waals surface area (Å²) < 4.78 is 119. The van der Waals surface area contributed by atoms with Crippen LogP contribution < -0.4 is 0 Å². The van der Waals surface area contributed by atoms with Crippen LogP contribution in [0.4, 0.5) is 26.3 Å². The summed E-state index contributed by atoms with van der Waals surface area (Å²) in [7, 11) is -4.62. The topological polar surface area (TPSA) is 60.4 Å². The fourth-order valence-corrected chi connectivity index (χ4v) is 27.8. The van der Waals surface area contributed by atoms with E-state index in [1.54, 1.807) is 0 Å². The van der Waals surface area contributed by atoms with Crippen LogP contribution in [0.1, 0.15) is 56.1 Å². The number of fused-ring (bicyclic) bond motifs is 8. The third-order valence-corrected chi connectivity index (χ3v) is 27.8. The van der Waals surface area contributed by atoms with Gasteiger partial charge in [-0.3, -0.25) is 4.79 Å². The lowest BCUT2D eigenvalue weighted by Gasteiger charge is -2.61. The van der Waals surface area contributed by atoms with Crippen molar-refractivity contribution in [3.63, 3.8) is 0 Å². The smallest absolute Gasteiger partial charge is 0.469 e. The van der Waals surface area contributed by atoms with E-state index in [1.807, 2.05) is 11.1 Å². The molecule has 0 aliphatic heterocycles. The van der Waals surface area contributed by atoms with Gasteiger partial charge in [0.15, 0.2) is 0 Å². The fourth-order valence-electron chi connectivity index (χ4n) is 26.9. The van der Waals surface area contributed by atoms with Gasteiger partial charge in [-0.25, -0.2) is 8.42 Å². The summed E-state index contributed by atoms with van der Waals surface area (Å²) in [5.41, 5.74) is -2.60. The van der Waals surface area contributed by atoms with E-state index in [4.69, 9.17) is 4.74 Å². The zero-order chi connectivity index (χ0) is 44.1. The lowest BCUT2D eigenvalue weighted by molar-refractivity contribution is -0.147. The largest absolute Gasteiger partial charge is 0.501 e. The molecule has 0 aromatic heterocycles. The molecule has 31 unspecified atom stereocenters. The molecule has 0 N–H and O–H groups in total. The van der Waals surface area contributed by atoms with E-state index in [-0.39, 0.29) is 30.1 Å². The minimum atomic E-state index is -5.97. The highest BCUT2D eigenvalue weighted by Gasteiger charge is 2.90. The number of benzene rings is 1. The van der Waals surface area contributed by atoms with Crippen LogP contribution in [0, 0.1) is 178 Å². The van der Waals surface area contributed by atoms with Gasteiger partial charge < -0.3 is 4.74 Å². The Labute approximate surface area is 381 Å². The second-order valence-electron chi connectivity index (χ2n) is 26.3. The van der Waals surface area contributed by atoms with E-state index < -0.39 is 43.8 Å². The van der Waals surface area contributed by atoms with Crippen LogP contribution in [0.25, 0.3) is 0 Å². The Morgan fingerprint density at radius 1 is 0.591 bits per heavy atom. The Morgan fingerprint density at radius 3 is 1.79 bits per heavy atom. The van der Waals surface area contributed by atoms with E-state index >= 15 is 0 Å². The van der Waals surface area contributed by atoms with Gasteiger partial charge in [0.1, 0.15) is 0 Å². The molecule has 0 radical (unpaired) electrons. The molecule has 66 heavy (non-hydrogen) atoms. The van der Waals surface area contributed by atoms with Gasteiger partial charge in [-0.15, -0.1) is 0 Å². The molecule has 348 valence electrons. The minimum absolute atomic E-state index is 0.00700. The second-order valence-corrected chi connectivity index (χ2v) is 28.2. The van der Waals surface area contributed by atoms with Crippen molar-refractivity contribution in [2.24, 2.45) is 178 Å². The molecule has 0 saturated heterocycles. The molecule has 13 fully saturated rings. The number of halogens is 6. The van der Waals surface area contributed by atoms with E-state index in [1.165, 1.54) is 44.9 Å². The highest BCUT2D eigenvalue weighted by Crippen LogP contribution is 2.94. The van der Waals surface area contributed by atoms with Crippen LogP contribution in [0.15, 0.2) is 58.5 Å². The summed E-state index contributed by atoms with van der Waals surface area (Å²) in [6.07, 6.45) is 10.7. The first-order valence-corrected chi connectivity index (χ1v) is 27.9. The van der Waals surface area contributed by atoms with Gasteiger partial charge in [-0.1, -0.05) is 41.5 Å². The van der Waals surface area contributed by atoms with Gasteiger partial charge in [0, 0.05) is 11.8 Å². The van der Waals surface area contributed by atoms with Gasteiger partial charge in [0.25, 0.3) is 9.84 Å². The van der Waals surface area contributed by atoms with Crippen molar-refractivity contribution in [2.75, 3.05) is 7.11 Å². The van der Waals surface area contributed by atoms with E-state index in [0.29, 0.717) is 113 Å². The Bertz CT molecular complexity index is 2740. The van der Waals surface area contributed by atoms with Crippen molar-refractivity contribution in [3.8, 4) is 0 Å². The fraction of sp³-hybridized carbons (Fsp3) is 0.764. The number of esters is 1. The first kappa shape index (κ1) is 38.2. The number of allylic oxidation sites excluding steroid dienone is 6. The van der Waals surface area contributed by atoms with Crippen molar-refractivity contribution < 1.29 is 44.3 Å². The van der Waals surface area contributed by atoms with Crippen LogP contribution in [-0.2, 0) is 31.2 Å². The third kappa shape index (κ3) is 3.70. The van der Waals surface area contributed by atoms with Crippen LogP contribution in [-0.4, -0.2) is 33.2 Å². The molecule has 0 bridgehead atoms. The number of methoxy groups -OCH3 is 1. The van der Waals surface area contributed by atoms with E-state index in [2.05, 4.69) is 24.3 Å². The predicted octanol–water partition coefficient (Wildman–Crippen LogP) is 10.4. The van der Waals surface area contributed by atoms with Crippen molar-refractivity contribution in [1.29, 1.82) is 0 Å². The molecule has 0 spiro atoms. The van der Waals surface area contributed by atoms with Crippen LogP contribution >= 0.6 is 0 Å². The molecule has 17 aliphatic carbocycles. The highest BCUT2D eigenvalue weighted by atomic mass is 32.2. The number of rotatable bonds is 7. The maximum absolute atomic E-state index is 14.6. The molecule has 1 aromatic carbocycles. The molecule has 1 aromatic rings. The molecule has 31 atom stereocenters. The standard InChI is InChI=1S/C55H56F6O4S/c1-65-28(62)3-2-12-53(18-13-17(16-54(56,57)58)14-19(15-18)66(63,64)55(59,60)61)51-37-26-10-8-24-22-6-4-20-21-5-7-23-25-9-11-27-36-34(25)41-32(23)30(21)39-29(20)31(22)40-33(24)35(26)42-44(37)45(38(27)52(51)53)43(36)50-48(41)46(39)47(40)49(42)50/h4,6,8,10,13-15,20-27,29-39,41-46,48-52H,2-3,5,7,9,11-12,16H2,1H3. The number of alkyl halides is 6. The lowest BCUT2D eigenvalue weighted by atomic mass is 9.43. The Morgan fingerprint density at radius 2 is 1.11 bits per heavy atom. The summed E-state index contributed by atoms with van der Waals surface area (Å²) in [6, 6.07) is 3.29. The Hall–Kier alpha value is -2.56. The molecular weight excluding hydrogens is 871 g/mol. The minimum Gasteiger partial charge on any atom is -0.469 e. The number of carbonyl (C=O) groups excluding carboxylic acids is 1. The van der Waals surface area contributed by atoms with Crippen LogP contribution in [0.3, 0.4) is 0 Å². The number of hydrogen-bond donors (Lipinski definition) is 0. The number of carbonyl (C=O) groups is 1. The second kappa shape index (κ2) is 11.1. The van der Waals surface area contributed by atoms with Crippen molar-refractivity contribution in [3.05, 3.63) is 64.8 Å². The SMILES string of the molecule is COC(=O)CCCC1(c2cc(CC(F)(F)F)cc(S(=O)(=O)C(F)(F)F)c2)C2C3C4C=CC5C6C=CC7C8CCC9C%10CCC%11C%12C%10C%10C9C8C8C9C%13=C(C6C78)C5C4C4C%13C(C9%10)C%12C(C43)C%11C21. The molecule has 17 aliphatic rings. The molecule has 4 nitrogen and oxygen atoms in total. The van der Waals surface area contributed by atoms with Gasteiger partial charge in [-0.05, 0) is 239 Å². The van der Waals surface area contributed by atoms with E-state index in [0.717, 1.165) is 71.0 Å². The highest BCUT2D eigenvalue weighted by molar-refractivity contribution is 7.92. The summed E-state index contributed by atoms with van der Waals surface area (Å²) in [6.45, 7) is 0. The molecule has 0 amide bonds. The zero-order valence-corrected chi connectivity index (χ0v) is 37.6. The molecule has 18 rings (SSSR count). The quantitative estimate of drug-likeness (QED) is 0.155. The normalized spacial score (nSPS) is 60.4. The van der Waals surface area contributed by atoms with Crippen molar-refractivity contribution in [2.45, 2.75) is 73.4 Å². The predicted molar refractivity (Wildman–Crippen MR) is 225 cm³/mol. The zero-order valence-electron chi connectivity index (χ0n) is 36.8. The average Bonchev–Trinajstić information content (AvgIpc) is 3.89.